The van der Waals surface area contributed by atoms with Gasteiger partial charge in [-0.05, 0) is 18.1 Å². The summed E-state index contributed by atoms with van der Waals surface area (Å²) in [4.78, 5) is 11.5. The minimum atomic E-state index is -3.46. The highest BCUT2D eigenvalue weighted by Gasteiger charge is 2.33. The standard InChI is InChI=1S/C15H16ClF2N3O/c1-9(2)13-11(20-14(22)15(3,17)18)8-19-21(13)12-7-5-4-6-10(12)16/h4-9H,1-3H3,(H,20,22). The molecule has 0 aliphatic heterocycles. The molecule has 1 N–H and O–H groups in total. The number of rotatable bonds is 4. The zero-order valence-electron chi connectivity index (χ0n) is 12.4. The van der Waals surface area contributed by atoms with Crippen LogP contribution in [0, 0.1) is 0 Å². The van der Waals surface area contributed by atoms with Crippen LogP contribution in [0.2, 0.25) is 5.02 Å². The van der Waals surface area contributed by atoms with E-state index in [9.17, 15) is 13.6 Å². The van der Waals surface area contributed by atoms with Gasteiger partial charge in [0.2, 0.25) is 0 Å². The maximum absolute atomic E-state index is 13.1. The minimum Gasteiger partial charge on any atom is -0.318 e. The third-order valence-corrected chi connectivity index (χ3v) is 3.40. The summed E-state index contributed by atoms with van der Waals surface area (Å²) in [5.41, 5.74) is 1.48. The summed E-state index contributed by atoms with van der Waals surface area (Å²) in [6.45, 7) is 4.31. The number of hydrogen-bond acceptors (Lipinski definition) is 2. The van der Waals surface area contributed by atoms with Crippen LogP contribution in [-0.4, -0.2) is 21.6 Å². The van der Waals surface area contributed by atoms with Gasteiger partial charge in [-0.25, -0.2) is 4.68 Å². The van der Waals surface area contributed by atoms with E-state index < -0.39 is 11.8 Å². The van der Waals surface area contributed by atoms with Crippen LogP contribution in [0.1, 0.15) is 32.4 Å². The lowest BCUT2D eigenvalue weighted by Crippen LogP contribution is -2.31. The number of carbonyl (C=O) groups excluding carboxylic acids is 1. The molecule has 1 aromatic heterocycles. The molecule has 0 saturated carbocycles. The first-order valence-corrected chi connectivity index (χ1v) is 7.11. The summed E-state index contributed by atoms with van der Waals surface area (Å²) in [6, 6.07) is 7.05. The van der Waals surface area contributed by atoms with E-state index in [1.54, 1.807) is 28.9 Å². The van der Waals surface area contributed by atoms with Crippen molar-refractivity contribution in [2.24, 2.45) is 0 Å². The first-order valence-electron chi connectivity index (χ1n) is 6.74. The molecule has 0 radical (unpaired) electrons. The summed E-state index contributed by atoms with van der Waals surface area (Å²) in [5.74, 6) is -4.88. The van der Waals surface area contributed by atoms with Crippen molar-refractivity contribution in [1.29, 1.82) is 0 Å². The largest absolute Gasteiger partial charge is 0.322 e. The predicted molar refractivity (Wildman–Crippen MR) is 81.9 cm³/mol. The zero-order chi connectivity index (χ0) is 16.5. The maximum atomic E-state index is 13.1. The van der Waals surface area contributed by atoms with Crippen LogP contribution in [0.4, 0.5) is 14.5 Å². The number of halogens is 3. The molecule has 0 fully saturated rings. The molecule has 118 valence electrons. The molecule has 1 aromatic carbocycles. The molecule has 2 aromatic rings. The fraction of sp³-hybridized carbons (Fsp3) is 0.333. The van der Waals surface area contributed by atoms with Crippen molar-refractivity contribution < 1.29 is 13.6 Å². The summed E-state index contributed by atoms with van der Waals surface area (Å²) in [6.07, 6.45) is 1.35. The highest BCUT2D eigenvalue weighted by Crippen LogP contribution is 2.30. The van der Waals surface area contributed by atoms with Gasteiger partial charge in [-0.2, -0.15) is 13.9 Å². The lowest BCUT2D eigenvalue weighted by molar-refractivity contribution is -0.137. The van der Waals surface area contributed by atoms with Crippen LogP contribution in [0.25, 0.3) is 5.69 Å². The molecule has 4 nitrogen and oxygen atoms in total. The van der Waals surface area contributed by atoms with Gasteiger partial charge in [0.15, 0.2) is 0 Å². The SMILES string of the molecule is CC(C)c1c(NC(=O)C(C)(F)F)cnn1-c1ccccc1Cl. The molecule has 7 heteroatoms. The monoisotopic (exact) mass is 327 g/mol. The fourth-order valence-electron chi connectivity index (χ4n) is 2.06. The third-order valence-electron chi connectivity index (χ3n) is 3.08. The van der Waals surface area contributed by atoms with Crippen LogP contribution < -0.4 is 5.32 Å². The molecule has 22 heavy (non-hydrogen) atoms. The van der Waals surface area contributed by atoms with Gasteiger partial charge in [-0.1, -0.05) is 37.6 Å². The molecule has 0 aliphatic rings. The number of carbonyl (C=O) groups is 1. The summed E-state index contributed by atoms with van der Waals surface area (Å²) < 4.78 is 27.7. The van der Waals surface area contributed by atoms with E-state index in [0.29, 0.717) is 23.3 Å². The van der Waals surface area contributed by atoms with Gasteiger partial charge >= 0.3 is 5.92 Å². The molecule has 0 unspecified atom stereocenters. The number of aromatic nitrogens is 2. The summed E-state index contributed by atoms with van der Waals surface area (Å²) in [7, 11) is 0. The van der Waals surface area contributed by atoms with E-state index in [1.807, 2.05) is 13.8 Å². The summed E-state index contributed by atoms with van der Waals surface area (Å²) >= 11 is 6.15. The van der Waals surface area contributed by atoms with E-state index >= 15 is 0 Å². The normalized spacial score (nSPS) is 11.8. The topological polar surface area (TPSA) is 46.9 Å². The molecule has 1 heterocycles. The lowest BCUT2D eigenvalue weighted by atomic mass is 10.1. The van der Waals surface area contributed by atoms with E-state index in [1.165, 1.54) is 6.20 Å². The Kier molecular flexibility index (Phi) is 4.51. The van der Waals surface area contributed by atoms with Gasteiger partial charge in [0, 0.05) is 6.92 Å². The lowest BCUT2D eigenvalue weighted by Gasteiger charge is -2.15. The molecule has 0 bridgehead atoms. The van der Waals surface area contributed by atoms with Crippen LogP contribution >= 0.6 is 11.6 Å². The van der Waals surface area contributed by atoms with Gasteiger partial charge in [-0.15, -0.1) is 0 Å². The van der Waals surface area contributed by atoms with Crippen molar-refractivity contribution in [2.45, 2.75) is 32.6 Å². The third kappa shape index (κ3) is 3.27. The second-order valence-corrected chi connectivity index (χ2v) is 5.71. The van der Waals surface area contributed by atoms with Crippen molar-refractivity contribution >= 4 is 23.2 Å². The second kappa shape index (κ2) is 6.04. The molecule has 0 saturated heterocycles. The Hall–Kier alpha value is -1.95. The molecule has 0 atom stereocenters. The van der Waals surface area contributed by atoms with E-state index in [0.717, 1.165) is 0 Å². The summed E-state index contributed by atoms with van der Waals surface area (Å²) in [5, 5.41) is 6.88. The number of nitrogens with zero attached hydrogens (tertiary/aromatic N) is 2. The average molecular weight is 328 g/mol. The van der Waals surface area contributed by atoms with Gasteiger partial charge in [-0.3, -0.25) is 4.79 Å². The van der Waals surface area contributed by atoms with Crippen LogP contribution in [0.15, 0.2) is 30.5 Å². The van der Waals surface area contributed by atoms with Crippen LogP contribution in [0.3, 0.4) is 0 Å². The number of para-hydroxylation sites is 1. The molecule has 1 amide bonds. The van der Waals surface area contributed by atoms with Gasteiger partial charge in [0.25, 0.3) is 5.91 Å². The first kappa shape index (κ1) is 16.4. The van der Waals surface area contributed by atoms with Crippen LogP contribution in [-0.2, 0) is 4.79 Å². The number of hydrogen-bond donors (Lipinski definition) is 1. The van der Waals surface area contributed by atoms with Crippen molar-refractivity contribution in [3.8, 4) is 5.69 Å². The van der Waals surface area contributed by atoms with Crippen molar-refractivity contribution in [3.63, 3.8) is 0 Å². The predicted octanol–water partition coefficient (Wildman–Crippen LogP) is 4.24. The highest BCUT2D eigenvalue weighted by molar-refractivity contribution is 6.32. The Labute approximate surface area is 132 Å². The molecule has 0 aliphatic carbocycles. The average Bonchev–Trinajstić information content (AvgIpc) is 2.81. The molecular weight excluding hydrogens is 312 g/mol. The maximum Gasteiger partial charge on any atom is 0.322 e. The number of anilines is 1. The Morgan fingerprint density at radius 1 is 1.36 bits per heavy atom. The highest BCUT2D eigenvalue weighted by atomic mass is 35.5. The quantitative estimate of drug-likeness (QED) is 0.912. The Bertz CT molecular complexity index is 692. The van der Waals surface area contributed by atoms with E-state index in [2.05, 4.69) is 10.4 Å². The Morgan fingerprint density at radius 3 is 2.55 bits per heavy atom. The molecular formula is C15H16ClF2N3O. The van der Waals surface area contributed by atoms with Gasteiger partial charge in [0.1, 0.15) is 0 Å². The number of alkyl halides is 2. The fourth-order valence-corrected chi connectivity index (χ4v) is 2.27. The van der Waals surface area contributed by atoms with Gasteiger partial charge < -0.3 is 5.32 Å². The number of nitrogens with one attached hydrogen (secondary N) is 1. The molecule has 2 rings (SSSR count). The van der Waals surface area contributed by atoms with Crippen LogP contribution in [0.5, 0.6) is 0 Å². The molecule has 0 spiro atoms. The van der Waals surface area contributed by atoms with Crippen molar-refractivity contribution in [1.82, 2.24) is 9.78 Å². The van der Waals surface area contributed by atoms with Gasteiger partial charge in [0.05, 0.1) is 28.3 Å². The smallest absolute Gasteiger partial charge is 0.318 e. The number of amides is 1. The zero-order valence-corrected chi connectivity index (χ0v) is 13.2. The minimum absolute atomic E-state index is 0.0560. The second-order valence-electron chi connectivity index (χ2n) is 5.30. The Balaban J connectivity index is 2.47. The van der Waals surface area contributed by atoms with Crippen molar-refractivity contribution in [2.75, 3.05) is 5.32 Å². The number of benzene rings is 1. The Morgan fingerprint density at radius 2 is 2.00 bits per heavy atom. The van der Waals surface area contributed by atoms with Crippen molar-refractivity contribution in [3.05, 3.63) is 41.2 Å². The van der Waals surface area contributed by atoms with E-state index in [4.69, 9.17) is 11.6 Å². The van der Waals surface area contributed by atoms with E-state index in [-0.39, 0.29) is 11.6 Å². The first-order chi connectivity index (χ1) is 10.2.